The van der Waals surface area contributed by atoms with E-state index in [4.69, 9.17) is 5.73 Å². The average Bonchev–Trinajstić information content (AvgIpc) is 2.55. The highest BCUT2D eigenvalue weighted by atomic mass is 16.1. The molecule has 0 aliphatic rings. The molecule has 0 fully saturated rings. The molecule has 16 heavy (non-hydrogen) atoms. The molecule has 0 spiro atoms. The second-order valence-electron chi connectivity index (χ2n) is 3.90. The number of carbonyl (C=O) groups excluding carboxylic acids is 1. The maximum absolute atomic E-state index is 11.7. The molecule has 0 unspecified atom stereocenters. The molecule has 0 saturated carbocycles. The van der Waals surface area contributed by atoms with E-state index < -0.39 is 0 Å². The molecule has 1 aromatic carbocycles. The molecule has 0 saturated heterocycles. The Balaban J connectivity index is 2.51. The SMILES string of the molecule is Cc1nn(C)c2ccc(C(=O)CCN)cc12. The molecule has 0 atom stereocenters. The average molecular weight is 217 g/mol. The fourth-order valence-corrected chi connectivity index (χ4v) is 1.89. The van der Waals surface area contributed by atoms with E-state index in [0.29, 0.717) is 18.5 Å². The number of aromatic nitrogens is 2. The number of rotatable bonds is 3. The highest BCUT2D eigenvalue weighted by Crippen LogP contribution is 2.19. The summed E-state index contributed by atoms with van der Waals surface area (Å²) in [7, 11) is 1.90. The molecule has 1 heterocycles. The summed E-state index contributed by atoms with van der Waals surface area (Å²) in [5.74, 6) is 0.0904. The minimum absolute atomic E-state index is 0.0904. The lowest BCUT2D eigenvalue weighted by Crippen LogP contribution is -2.07. The number of ketones is 1. The van der Waals surface area contributed by atoms with E-state index in [1.165, 1.54) is 0 Å². The lowest BCUT2D eigenvalue weighted by molar-refractivity contribution is 0.0985. The zero-order valence-corrected chi connectivity index (χ0v) is 9.53. The molecule has 0 bridgehead atoms. The van der Waals surface area contributed by atoms with Gasteiger partial charge in [-0.1, -0.05) is 0 Å². The number of nitrogens with zero attached hydrogens (tertiary/aromatic N) is 2. The molecule has 4 heteroatoms. The quantitative estimate of drug-likeness (QED) is 0.791. The van der Waals surface area contributed by atoms with Crippen molar-refractivity contribution in [1.82, 2.24) is 9.78 Å². The van der Waals surface area contributed by atoms with Gasteiger partial charge in [0, 0.05) is 24.4 Å². The summed E-state index contributed by atoms with van der Waals surface area (Å²) in [5, 5.41) is 5.35. The van der Waals surface area contributed by atoms with E-state index in [2.05, 4.69) is 5.10 Å². The first-order chi connectivity index (χ1) is 7.63. The zero-order valence-electron chi connectivity index (χ0n) is 9.53. The molecule has 2 rings (SSSR count). The standard InChI is InChI=1S/C12H15N3O/c1-8-10-7-9(12(16)5-6-13)3-4-11(10)15(2)14-8/h3-4,7H,5-6,13H2,1-2H3. The van der Waals surface area contributed by atoms with Crippen LogP contribution < -0.4 is 5.73 Å². The van der Waals surface area contributed by atoms with Crippen LogP contribution in [-0.2, 0) is 7.05 Å². The van der Waals surface area contributed by atoms with E-state index in [9.17, 15) is 4.79 Å². The summed E-state index contributed by atoms with van der Waals surface area (Å²) in [5.41, 5.74) is 8.08. The Morgan fingerprint density at radius 2 is 2.25 bits per heavy atom. The Morgan fingerprint density at radius 3 is 2.94 bits per heavy atom. The molecule has 2 N–H and O–H groups in total. The van der Waals surface area contributed by atoms with Gasteiger partial charge in [0.15, 0.2) is 5.78 Å². The maximum Gasteiger partial charge on any atom is 0.164 e. The third-order valence-corrected chi connectivity index (χ3v) is 2.73. The topological polar surface area (TPSA) is 60.9 Å². The number of nitrogens with two attached hydrogens (primary N) is 1. The van der Waals surface area contributed by atoms with Gasteiger partial charge in [-0.3, -0.25) is 9.48 Å². The summed E-state index contributed by atoms with van der Waals surface area (Å²) in [6.07, 6.45) is 0.394. The van der Waals surface area contributed by atoms with Gasteiger partial charge < -0.3 is 5.73 Å². The van der Waals surface area contributed by atoms with Crippen LogP contribution in [0, 0.1) is 6.92 Å². The summed E-state index contributed by atoms with van der Waals surface area (Å²) in [6.45, 7) is 2.34. The van der Waals surface area contributed by atoms with Gasteiger partial charge in [-0.2, -0.15) is 5.10 Å². The van der Waals surface area contributed by atoms with Crippen LogP contribution in [0.2, 0.25) is 0 Å². The number of fused-ring (bicyclic) bond motifs is 1. The molecule has 1 aromatic heterocycles. The molecular formula is C12H15N3O. The first-order valence-electron chi connectivity index (χ1n) is 5.30. The molecule has 0 amide bonds. The Bertz CT molecular complexity index is 542. The van der Waals surface area contributed by atoms with E-state index in [0.717, 1.165) is 16.6 Å². The summed E-state index contributed by atoms with van der Waals surface area (Å²) in [4.78, 5) is 11.7. The third-order valence-electron chi connectivity index (χ3n) is 2.73. The van der Waals surface area contributed by atoms with Gasteiger partial charge in [-0.05, 0) is 31.7 Å². The molecule has 0 aliphatic heterocycles. The highest BCUT2D eigenvalue weighted by molar-refractivity contribution is 5.99. The smallest absolute Gasteiger partial charge is 0.164 e. The number of aryl methyl sites for hydroxylation is 2. The molecule has 0 aliphatic carbocycles. The van der Waals surface area contributed by atoms with Gasteiger partial charge in [0.25, 0.3) is 0 Å². The first-order valence-corrected chi connectivity index (χ1v) is 5.30. The Labute approximate surface area is 94.0 Å². The monoisotopic (exact) mass is 217 g/mol. The van der Waals surface area contributed by atoms with Crippen LogP contribution in [-0.4, -0.2) is 22.1 Å². The van der Waals surface area contributed by atoms with Crippen molar-refractivity contribution in [2.45, 2.75) is 13.3 Å². The van der Waals surface area contributed by atoms with Crippen LogP contribution in [0.3, 0.4) is 0 Å². The summed E-state index contributed by atoms with van der Waals surface area (Å²) >= 11 is 0. The fourth-order valence-electron chi connectivity index (χ4n) is 1.89. The third kappa shape index (κ3) is 1.72. The lowest BCUT2D eigenvalue weighted by Gasteiger charge is -2.00. The fraction of sp³-hybridized carbons (Fsp3) is 0.333. The molecular weight excluding hydrogens is 202 g/mol. The number of carbonyl (C=O) groups is 1. The zero-order chi connectivity index (χ0) is 11.7. The Hall–Kier alpha value is -1.68. The van der Waals surface area contributed by atoms with E-state index in [1.807, 2.05) is 36.9 Å². The van der Waals surface area contributed by atoms with Crippen molar-refractivity contribution in [2.75, 3.05) is 6.54 Å². The largest absolute Gasteiger partial charge is 0.330 e. The van der Waals surface area contributed by atoms with Crippen molar-refractivity contribution >= 4 is 16.7 Å². The van der Waals surface area contributed by atoms with Crippen LogP contribution in [0.25, 0.3) is 10.9 Å². The first kappa shape index (κ1) is 10.8. The van der Waals surface area contributed by atoms with Crippen LogP contribution in [0.15, 0.2) is 18.2 Å². The Kier molecular flexibility index (Phi) is 2.75. The van der Waals surface area contributed by atoms with E-state index >= 15 is 0 Å². The second kappa shape index (κ2) is 4.06. The number of benzene rings is 1. The van der Waals surface area contributed by atoms with Gasteiger partial charge in [0.1, 0.15) is 0 Å². The molecule has 2 aromatic rings. The lowest BCUT2D eigenvalue weighted by atomic mass is 10.1. The predicted molar refractivity (Wildman–Crippen MR) is 63.5 cm³/mol. The summed E-state index contributed by atoms with van der Waals surface area (Å²) in [6, 6.07) is 5.66. The van der Waals surface area contributed by atoms with E-state index in [1.54, 1.807) is 0 Å². The van der Waals surface area contributed by atoms with Gasteiger partial charge >= 0.3 is 0 Å². The minimum Gasteiger partial charge on any atom is -0.330 e. The van der Waals surface area contributed by atoms with Gasteiger partial charge in [0.2, 0.25) is 0 Å². The van der Waals surface area contributed by atoms with Crippen molar-refractivity contribution in [2.24, 2.45) is 12.8 Å². The number of Topliss-reactive ketones (excluding diaryl/α,β-unsaturated/α-hetero) is 1. The number of hydrogen-bond acceptors (Lipinski definition) is 3. The summed E-state index contributed by atoms with van der Waals surface area (Å²) < 4.78 is 1.82. The highest BCUT2D eigenvalue weighted by Gasteiger charge is 2.09. The second-order valence-corrected chi connectivity index (χ2v) is 3.90. The van der Waals surface area contributed by atoms with Crippen molar-refractivity contribution in [3.05, 3.63) is 29.5 Å². The normalized spacial score (nSPS) is 10.9. The van der Waals surface area contributed by atoms with Crippen LogP contribution in [0.1, 0.15) is 22.5 Å². The maximum atomic E-state index is 11.7. The molecule has 4 nitrogen and oxygen atoms in total. The Morgan fingerprint density at radius 1 is 1.50 bits per heavy atom. The van der Waals surface area contributed by atoms with Crippen molar-refractivity contribution < 1.29 is 4.79 Å². The van der Waals surface area contributed by atoms with Crippen molar-refractivity contribution in [1.29, 1.82) is 0 Å². The van der Waals surface area contributed by atoms with Gasteiger partial charge in [-0.25, -0.2) is 0 Å². The van der Waals surface area contributed by atoms with Crippen LogP contribution in [0.4, 0.5) is 0 Å². The predicted octanol–water partition coefficient (Wildman–Crippen LogP) is 1.41. The minimum atomic E-state index is 0.0904. The number of hydrogen-bond donors (Lipinski definition) is 1. The van der Waals surface area contributed by atoms with Crippen LogP contribution >= 0.6 is 0 Å². The van der Waals surface area contributed by atoms with Crippen molar-refractivity contribution in [3.8, 4) is 0 Å². The molecule has 0 radical (unpaired) electrons. The van der Waals surface area contributed by atoms with Gasteiger partial charge in [-0.15, -0.1) is 0 Å². The van der Waals surface area contributed by atoms with Crippen LogP contribution in [0.5, 0.6) is 0 Å². The van der Waals surface area contributed by atoms with Crippen molar-refractivity contribution in [3.63, 3.8) is 0 Å². The van der Waals surface area contributed by atoms with E-state index in [-0.39, 0.29) is 5.78 Å². The molecule has 84 valence electrons. The van der Waals surface area contributed by atoms with Gasteiger partial charge in [0.05, 0.1) is 11.2 Å².